The second kappa shape index (κ2) is 12.7. The Hall–Kier alpha value is -4.45. The van der Waals surface area contributed by atoms with Gasteiger partial charge < -0.3 is 10.6 Å². The maximum absolute atomic E-state index is 13.1. The standard InChI is InChI=1S/C31H22Cl2N2O3/c32-25-13-6-21(7-14-25)10-19-29(36)23-11-17-27(18-12-23)34-31(38)28(20-22-8-15-26(33)16-9-22)35-30(37)24-4-2-1-3-5-24/h1-20H,(H,34,38)(H,35,37)/b19-10+,28-20-. The van der Waals surface area contributed by atoms with Gasteiger partial charge in [0.25, 0.3) is 11.8 Å². The molecule has 0 aliphatic carbocycles. The monoisotopic (exact) mass is 540 g/mol. The number of benzene rings is 4. The molecule has 38 heavy (non-hydrogen) atoms. The Labute approximate surface area is 230 Å². The highest BCUT2D eigenvalue weighted by atomic mass is 35.5. The first kappa shape index (κ1) is 26.6. The highest BCUT2D eigenvalue weighted by Crippen LogP contribution is 2.16. The van der Waals surface area contributed by atoms with Crippen LogP contribution in [0.15, 0.2) is 115 Å². The van der Waals surface area contributed by atoms with E-state index in [0.717, 1.165) is 5.56 Å². The normalized spacial score (nSPS) is 11.3. The molecule has 0 heterocycles. The van der Waals surface area contributed by atoms with Crippen LogP contribution in [0.3, 0.4) is 0 Å². The van der Waals surface area contributed by atoms with Crippen LogP contribution in [0.25, 0.3) is 12.2 Å². The predicted molar refractivity (Wildman–Crippen MR) is 153 cm³/mol. The van der Waals surface area contributed by atoms with Crippen LogP contribution >= 0.6 is 23.2 Å². The zero-order valence-corrected chi connectivity index (χ0v) is 21.5. The van der Waals surface area contributed by atoms with Gasteiger partial charge in [-0.2, -0.15) is 0 Å². The fraction of sp³-hybridized carbons (Fsp3) is 0. The Kier molecular flexibility index (Phi) is 8.88. The Balaban J connectivity index is 1.48. The van der Waals surface area contributed by atoms with Crippen molar-refractivity contribution in [2.45, 2.75) is 0 Å². The number of amides is 2. The Morgan fingerprint density at radius 2 is 1.21 bits per heavy atom. The zero-order valence-electron chi connectivity index (χ0n) is 20.0. The number of carbonyl (C=O) groups excluding carboxylic acids is 3. The lowest BCUT2D eigenvalue weighted by atomic mass is 10.1. The quantitative estimate of drug-likeness (QED) is 0.182. The number of halogens is 2. The molecule has 0 bridgehead atoms. The van der Waals surface area contributed by atoms with Crippen molar-refractivity contribution in [2.24, 2.45) is 0 Å². The molecule has 188 valence electrons. The summed E-state index contributed by atoms with van der Waals surface area (Å²) < 4.78 is 0. The van der Waals surface area contributed by atoms with Gasteiger partial charge in [-0.3, -0.25) is 14.4 Å². The van der Waals surface area contributed by atoms with Crippen molar-refractivity contribution in [3.8, 4) is 0 Å². The predicted octanol–water partition coefficient (Wildman–Crippen LogP) is 7.30. The van der Waals surface area contributed by atoms with Crippen molar-refractivity contribution in [3.63, 3.8) is 0 Å². The van der Waals surface area contributed by atoms with Crippen molar-refractivity contribution in [1.29, 1.82) is 0 Å². The number of hydrogen-bond donors (Lipinski definition) is 2. The van der Waals surface area contributed by atoms with Crippen LogP contribution in [-0.2, 0) is 4.79 Å². The summed E-state index contributed by atoms with van der Waals surface area (Å²) in [6.45, 7) is 0. The minimum absolute atomic E-state index is 0.0484. The van der Waals surface area contributed by atoms with Crippen LogP contribution in [0.1, 0.15) is 31.8 Å². The average molecular weight is 541 g/mol. The molecule has 2 N–H and O–H groups in total. The molecule has 4 aromatic rings. The minimum Gasteiger partial charge on any atom is -0.321 e. The molecule has 0 aromatic heterocycles. The van der Waals surface area contributed by atoms with Crippen LogP contribution in [0.4, 0.5) is 5.69 Å². The lowest BCUT2D eigenvalue weighted by Crippen LogP contribution is -2.30. The fourth-order valence-corrected chi connectivity index (χ4v) is 3.68. The first-order chi connectivity index (χ1) is 18.4. The van der Waals surface area contributed by atoms with E-state index >= 15 is 0 Å². The molecule has 0 aliphatic rings. The van der Waals surface area contributed by atoms with Gasteiger partial charge in [0, 0.05) is 26.9 Å². The largest absolute Gasteiger partial charge is 0.321 e. The van der Waals surface area contributed by atoms with E-state index in [2.05, 4.69) is 10.6 Å². The van der Waals surface area contributed by atoms with Gasteiger partial charge in [0.05, 0.1) is 0 Å². The number of ketones is 1. The number of carbonyl (C=O) groups is 3. The van der Waals surface area contributed by atoms with E-state index in [1.165, 1.54) is 6.08 Å². The molecule has 7 heteroatoms. The van der Waals surface area contributed by atoms with Crippen LogP contribution in [0.5, 0.6) is 0 Å². The summed E-state index contributed by atoms with van der Waals surface area (Å²) in [7, 11) is 0. The second-order valence-corrected chi connectivity index (χ2v) is 9.08. The van der Waals surface area contributed by atoms with Gasteiger partial charge in [0.1, 0.15) is 5.70 Å². The van der Waals surface area contributed by atoms with Crippen LogP contribution in [-0.4, -0.2) is 17.6 Å². The third-order valence-electron chi connectivity index (χ3n) is 5.43. The maximum Gasteiger partial charge on any atom is 0.272 e. The molecule has 2 amide bonds. The molecule has 0 unspecified atom stereocenters. The Morgan fingerprint density at radius 1 is 0.632 bits per heavy atom. The lowest BCUT2D eigenvalue weighted by molar-refractivity contribution is -0.113. The minimum atomic E-state index is -0.522. The van der Waals surface area contributed by atoms with Crippen LogP contribution < -0.4 is 10.6 Å². The highest BCUT2D eigenvalue weighted by Gasteiger charge is 2.15. The van der Waals surface area contributed by atoms with E-state index in [9.17, 15) is 14.4 Å². The summed E-state index contributed by atoms with van der Waals surface area (Å²) in [6.07, 6.45) is 4.74. The van der Waals surface area contributed by atoms with E-state index < -0.39 is 11.8 Å². The van der Waals surface area contributed by atoms with Crippen molar-refractivity contribution >= 4 is 58.6 Å². The first-order valence-corrected chi connectivity index (χ1v) is 12.4. The summed E-state index contributed by atoms with van der Waals surface area (Å²) in [5.74, 6) is -1.13. The zero-order chi connectivity index (χ0) is 26.9. The van der Waals surface area contributed by atoms with Gasteiger partial charge in [-0.15, -0.1) is 0 Å². The van der Waals surface area contributed by atoms with E-state index in [1.54, 1.807) is 103 Å². The van der Waals surface area contributed by atoms with Gasteiger partial charge in [-0.25, -0.2) is 0 Å². The third-order valence-corrected chi connectivity index (χ3v) is 5.94. The van der Waals surface area contributed by atoms with E-state index in [4.69, 9.17) is 23.2 Å². The molecule has 0 saturated carbocycles. The first-order valence-electron chi connectivity index (χ1n) is 11.6. The highest BCUT2D eigenvalue weighted by molar-refractivity contribution is 6.30. The summed E-state index contributed by atoms with van der Waals surface area (Å²) in [5.41, 5.74) is 2.92. The summed E-state index contributed by atoms with van der Waals surface area (Å²) in [5, 5.41) is 6.63. The van der Waals surface area contributed by atoms with Crippen molar-refractivity contribution in [2.75, 3.05) is 5.32 Å². The van der Waals surface area contributed by atoms with Crippen molar-refractivity contribution in [3.05, 3.63) is 147 Å². The van der Waals surface area contributed by atoms with E-state index in [0.29, 0.717) is 32.4 Å². The molecule has 0 radical (unpaired) electrons. The molecule has 0 spiro atoms. The van der Waals surface area contributed by atoms with Crippen molar-refractivity contribution in [1.82, 2.24) is 5.32 Å². The van der Waals surface area contributed by atoms with Gasteiger partial charge in [-0.1, -0.05) is 71.7 Å². The van der Waals surface area contributed by atoms with Gasteiger partial charge in [0.2, 0.25) is 0 Å². The molecule has 0 atom stereocenters. The topological polar surface area (TPSA) is 75.3 Å². The molecular formula is C31H22Cl2N2O3. The van der Waals surface area contributed by atoms with E-state index in [1.807, 2.05) is 12.1 Å². The molecule has 5 nitrogen and oxygen atoms in total. The van der Waals surface area contributed by atoms with E-state index in [-0.39, 0.29) is 11.5 Å². The Bertz CT molecular complexity index is 1490. The van der Waals surface area contributed by atoms with Crippen molar-refractivity contribution < 1.29 is 14.4 Å². The van der Waals surface area contributed by atoms with Crippen LogP contribution in [0.2, 0.25) is 10.0 Å². The molecule has 4 aromatic carbocycles. The second-order valence-electron chi connectivity index (χ2n) is 8.21. The number of anilines is 1. The number of allylic oxidation sites excluding steroid dienone is 1. The number of hydrogen-bond acceptors (Lipinski definition) is 3. The fourth-order valence-electron chi connectivity index (χ4n) is 3.43. The SMILES string of the molecule is O=C(Nc1ccc(C(=O)/C=C/c2ccc(Cl)cc2)cc1)/C(=C/c1ccc(Cl)cc1)NC(=O)c1ccccc1. The molecule has 4 rings (SSSR count). The molecule has 0 saturated heterocycles. The summed E-state index contributed by atoms with van der Waals surface area (Å²) in [6, 6.07) is 29.1. The molecule has 0 aliphatic heterocycles. The van der Waals surface area contributed by atoms with Gasteiger partial charge in [0.15, 0.2) is 5.78 Å². The van der Waals surface area contributed by atoms with Gasteiger partial charge in [-0.05, 0) is 83.9 Å². The summed E-state index contributed by atoms with van der Waals surface area (Å²) >= 11 is 11.9. The Morgan fingerprint density at radius 3 is 1.82 bits per heavy atom. The third kappa shape index (κ3) is 7.53. The van der Waals surface area contributed by atoms with Gasteiger partial charge >= 0.3 is 0 Å². The van der Waals surface area contributed by atoms with Crippen LogP contribution in [0, 0.1) is 0 Å². The number of rotatable bonds is 8. The lowest BCUT2D eigenvalue weighted by Gasteiger charge is -2.12. The average Bonchev–Trinajstić information content (AvgIpc) is 2.94. The molecular weight excluding hydrogens is 519 g/mol. The number of nitrogens with one attached hydrogen (secondary N) is 2. The smallest absolute Gasteiger partial charge is 0.272 e. The maximum atomic E-state index is 13.1. The summed E-state index contributed by atoms with van der Waals surface area (Å²) in [4.78, 5) is 38.4. The molecule has 0 fully saturated rings.